The van der Waals surface area contributed by atoms with Crippen molar-refractivity contribution in [3.63, 3.8) is 0 Å². The summed E-state index contributed by atoms with van der Waals surface area (Å²) in [6.45, 7) is 13.1. The van der Waals surface area contributed by atoms with Crippen molar-refractivity contribution in [1.82, 2.24) is 4.90 Å². The molecule has 0 heterocycles. The van der Waals surface area contributed by atoms with Crippen molar-refractivity contribution in [1.29, 1.82) is 0 Å². The molecule has 2 heteroatoms. The van der Waals surface area contributed by atoms with Gasteiger partial charge in [0.1, 0.15) is 0 Å². The van der Waals surface area contributed by atoms with E-state index in [0.29, 0.717) is 6.04 Å². The molecule has 0 radical (unpaired) electrons. The Bertz CT molecular complexity index is 213. The van der Waals surface area contributed by atoms with Crippen molar-refractivity contribution in [2.45, 2.75) is 72.3 Å². The van der Waals surface area contributed by atoms with Crippen LogP contribution in [0.4, 0.5) is 0 Å². The quantitative estimate of drug-likeness (QED) is 0.687. The zero-order valence-electron chi connectivity index (χ0n) is 13.7. The monoisotopic (exact) mass is 268 g/mol. The molecule has 1 saturated carbocycles. The molecule has 1 fully saturated rings. The van der Waals surface area contributed by atoms with E-state index in [1.165, 1.54) is 58.2 Å². The summed E-state index contributed by atoms with van der Waals surface area (Å²) in [6.07, 6.45) is 7.94. The summed E-state index contributed by atoms with van der Waals surface area (Å²) in [4.78, 5) is 2.69. The van der Waals surface area contributed by atoms with Gasteiger partial charge in [0.15, 0.2) is 0 Å². The van der Waals surface area contributed by atoms with Crippen LogP contribution in [0.15, 0.2) is 0 Å². The van der Waals surface area contributed by atoms with E-state index in [4.69, 9.17) is 5.73 Å². The molecule has 1 rings (SSSR count). The molecule has 2 unspecified atom stereocenters. The van der Waals surface area contributed by atoms with Crippen LogP contribution < -0.4 is 5.73 Å². The largest absolute Gasteiger partial charge is 0.327 e. The average molecular weight is 268 g/mol. The third-order valence-corrected chi connectivity index (χ3v) is 4.58. The molecule has 0 aromatic rings. The molecular formula is C17H36N2. The number of hydrogen-bond donors (Lipinski definition) is 1. The molecule has 2 N–H and O–H groups in total. The molecule has 114 valence electrons. The van der Waals surface area contributed by atoms with Crippen LogP contribution in [0.5, 0.6) is 0 Å². The summed E-state index contributed by atoms with van der Waals surface area (Å²) < 4.78 is 0. The molecule has 0 spiro atoms. The Kier molecular flexibility index (Phi) is 8.01. The Balaban J connectivity index is 2.30. The standard InChI is InChI=1S/C17H36N2/c1-14(2)8-11-19(12-9-15(3)4)13-10-16-6-5-7-17(16)18/h14-17H,5-13,18H2,1-4H3. The minimum Gasteiger partial charge on any atom is -0.327 e. The van der Waals surface area contributed by atoms with Crippen molar-refractivity contribution < 1.29 is 0 Å². The lowest BCUT2D eigenvalue weighted by atomic mass is 9.99. The summed E-state index contributed by atoms with van der Waals surface area (Å²) in [5, 5.41) is 0. The number of nitrogens with zero attached hydrogens (tertiary/aromatic N) is 1. The second-order valence-corrected chi connectivity index (χ2v) is 7.35. The van der Waals surface area contributed by atoms with Crippen LogP contribution in [-0.4, -0.2) is 30.6 Å². The van der Waals surface area contributed by atoms with Crippen molar-refractivity contribution in [2.24, 2.45) is 23.5 Å². The minimum absolute atomic E-state index is 0.483. The summed E-state index contributed by atoms with van der Waals surface area (Å²) in [7, 11) is 0. The zero-order valence-corrected chi connectivity index (χ0v) is 13.7. The van der Waals surface area contributed by atoms with Crippen molar-refractivity contribution >= 4 is 0 Å². The highest BCUT2D eigenvalue weighted by Crippen LogP contribution is 2.27. The summed E-state index contributed by atoms with van der Waals surface area (Å²) in [5.74, 6) is 2.42. The predicted octanol–water partition coefficient (Wildman–Crippen LogP) is 3.90. The summed E-state index contributed by atoms with van der Waals surface area (Å²) in [5.41, 5.74) is 6.19. The third-order valence-electron chi connectivity index (χ3n) is 4.58. The van der Waals surface area contributed by atoms with Crippen molar-refractivity contribution in [3.05, 3.63) is 0 Å². The van der Waals surface area contributed by atoms with Crippen molar-refractivity contribution in [2.75, 3.05) is 19.6 Å². The fourth-order valence-electron chi connectivity index (χ4n) is 2.99. The van der Waals surface area contributed by atoms with E-state index >= 15 is 0 Å². The molecule has 0 aliphatic heterocycles. The van der Waals surface area contributed by atoms with Gasteiger partial charge in [-0.1, -0.05) is 34.1 Å². The first kappa shape index (κ1) is 17.0. The maximum Gasteiger partial charge on any atom is 0.00676 e. The number of rotatable bonds is 9. The molecular weight excluding hydrogens is 232 g/mol. The van der Waals surface area contributed by atoms with Gasteiger partial charge in [0.25, 0.3) is 0 Å². The molecule has 2 nitrogen and oxygen atoms in total. The van der Waals surface area contributed by atoms with Crippen molar-refractivity contribution in [3.8, 4) is 0 Å². The van der Waals surface area contributed by atoms with Gasteiger partial charge in [-0.25, -0.2) is 0 Å². The number of hydrogen-bond acceptors (Lipinski definition) is 2. The zero-order chi connectivity index (χ0) is 14.3. The first-order valence-electron chi connectivity index (χ1n) is 8.47. The first-order valence-corrected chi connectivity index (χ1v) is 8.47. The highest BCUT2D eigenvalue weighted by Gasteiger charge is 2.24. The van der Waals surface area contributed by atoms with Crippen LogP contribution in [0.2, 0.25) is 0 Å². The Hall–Kier alpha value is -0.0800. The maximum atomic E-state index is 6.19. The van der Waals surface area contributed by atoms with E-state index in [1.807, 2.05) is 0 Å². The lowest BCUT2D eigenvalue weighted by molar-refractivity contribution is 0.223. The topological polar surface area (TPSA) is 29.3 Å². The second-order valence-electron chi connectivity index (χ2n) is 7.35. The van der Waals surface area contributed by atoms with Gasteiger partial charge in [0, 0.05) is 6.04 Å². The van der Waals surface area contributed by atoms with E-state index in [1.54, 1.807) is 0 Å². The summed E-state index contributed by atoms with van der Waals surface area (Å²) in [6, 6.07) is 0.483. The van der Waals surface area contributed by atoms with Crippen LogP contribution in [0.25, 0.3) is 0 Å². The van der Waals surface area contributed by atoms with E-state index < -0.39 is 0 Å². The molecule has 19 heavy (non-hydrogen) atoms. The van der Waals surface area contributed by atoms with E-state index in [9.17, 15) is 0 Å². The molecule has 0 saturated heterocycles. The van der Waals surface area contributed by atoms with Crippen LogP contribution in [0.3, 0.4) is 0 Å². The van der Waals surface area contributed by atoms with Gasteiger partial charge in [-0.05, 0) is 69.5 Å². The van der Waals surface area contributed by atoms with Crippen LogP contribution in [-0.2, 0) is 0 Å². The Morgan fingerprint density at radius 2 is 1.53 bits per heavy atom. The number of nitrogens with two attached hydrogens (primary N) is 1. The van der Waals surface area contributed by atoms with Gasteiger partial charge in [-0.3, -0.25) is 0 Å². The fourth-order valence-corrected chi connectivity index (χ4v) is 2.99. The second kappa shape index (κ2) is 8.97. The van der Waals surface area contributed by atoms with E-state index in [0.717, 1.165) is 17.8 Å². The normalized spacial score (nSPS) is 24.0. The lowest BCUT2D eigenvalue weighted by Gasteiger charge is -2.26. The average Bonchev–Trinajstić information content (AvgIpc) is 2.73. The van der Waals surface area contributed by atoms with Gasteiger partial charge in [0.05, 0.1) is 0 Å². The van der Waals surface area contributed by atoms with Crippen LogP contribution >= 0.6 is 0 Å². The van der Waals surface area contributed by atoms with E-state index in [2.05, 4.69) is 32.6 Å². The molecule has 0 aromatic heterocycles. The Morgan fingerprint density at radius 3 is 1.95 bits per heavy atom. The maximum absolute atomic E-state index is 6.19. The van der Waals surface area contributed by atoms with Gasteiger partial charge in [-0.15, -0.1) is 0 Å². The van der Waals surface area contributed by atoms with Gasteiger partial charge < -0.3 is 10.6 Å². The molecule has 2 atom stereocenters. The lowest BCUT2D eigenvalue weighted by Crippen LogP contribution is -2.32. The van der Waals surface area contributed by atoms with Gasteiger partial charge in [-0.2, -0.15) is 0 Å². The van der Waals surface area contributed by atoms with Gasteiger partial charge >= 0.3 is 0 Å². The molecule has 0 aromatic carbocycles. The SMILES string of the molecule is CC(C)CCN(CCC(C)C)CCC1CCCC1N. The van der Waals surface area contributed by atoms with E-state index in [-0.39, 0.29) is 0 Å². The molecule has 0 amide bonds. The Morgan fingerprint density at radius 1 is 0.947 bits per heavy atom. The third kappa shape index (κ3) is 7.31. The molecule has 0 bridgehead atoms. The van der Waals surface area contributed by atoms with Crippen LogP contribution in [0.1, 0.15) is 66.2 Å². The predicted molar refractivity (Wildman–Crippen MR) is 85.3 cm³/mol. The first-order chi connectivity index (χ1) is 8.99. The smallest absolute Gasteiger partial charge is 0.00676 e. The summed E-state index contributed by atoms with van der Waals surface area (Å²) >= 11 is 0. The molecule has 1 aliphatic carbocycles. The highest BCUT2D eigenvalue weighted by molar-refractivity contribution is 4.81. The van der Waals surface area contributed by atoms with Gasteiger partial charge in [0.2, 0.25) is 0 Å². The minimum atomic E-state index is 0.483. The Labute approximate surface area is 121 Å². The van der Waals surface area contributed by atoms with Crippen LogP contribution in [0, 0.1) is 17.8 Å². The highest BCUT2D eigenvalue weighted by atomic mass is 15.1. The fraction of sp³-hybridized carbons (Fsp3) is 1.00. The molecule has 1 aliphatic rings.